The van der Waals surface area contributed by atoms with E-state index >= 15 is 0 Å². The van der Waals surface area contributed by atoms with Gasteiger partial charge in [-0.25, -0.2) is 0 Å². The predicted molar refractivity (Wildman–Crippen MR) is 89.4 cm³/mol. The number of pyridine rings is 1. The van der Waals surface area contributed by atoms with E-state index < -0.39 is 11.7 Å². The van der Waals surface area contributed by atoms with Crippen LogP contribution in [0.25, 0.3) is 0 Å². The van der Waals surface area contributed by atoms with E-state index in [0.29, 0.717) is 31.7 Å². The van der Waals surface area contributed by atoms with Crippen molar-refractivity contribution in [1.29, 1.82) is 0 Å². The summed E-state index contributed by atoms with van der Waals surface area (Å²) >= 11 is 0. The monoisotopic (exact) mass is 364 g/mol. The number of hydrogen-bond acceptors (Lipinski definition) is 3. The Morgan fingerprint density at radius 3 is 2.77 bits per heavy atom. The summed E-state index contributed by atoms with van der Waals surface area (Å²) in [5.41, 5.74) is 0.708. The Hall–Kier alpha value is -2.41. The number of alkyl halides is 3. The summed E-state index contributed by atoms with van der Waals surface area (Å²) in [5.74, 6) is -0.0321. The van der Waals surface area contributed by atoms with Gasteiger partial charge in [0.2, 0.25) is 5.91 Å². The highest BCUT2D eigenvalue weighted by Gasteiger charge is 2.31. The number of benzene rings is 1. The molecule has 1 aromatic carbocycles. The molecule has 7 heteroatoms. The van der Waals surface area contributed by atoms with Gasteiger partial charge in [0, 0.05) is 31.9 Å². The second kappa shape index (κ2) is 7.86. The maximum Gasteiger partial charge on any atom is 0.416 e. The lowest BCUT2D eigenvalue weighted by Crippen LogP contribution is -2.46. The number of ether oxygens (including phenoxy) is 1. The van der Waals surface area contributed by atoms with Crippen LogP contribution in [0.4, 0.5) is 13.2 Å². The van der Waals surface area contributed by atoms with Gasteiger partial charge in [-0.2, -0.15) is 13.2 Å². The van der Waals surface area contributed by atoms with Gasteiger partial charge in [0.15, 0.2) is 0 Å². The van der Waals surface area contributed by atoms with E-state index in [4.69, 9.17) is 4.74 Å². The van der Waals surface area contributed by atoms with Crippen molar-refractivity contribution in [3.63, 3.8) is 0 Å². The summed E-state index contributed by atoms with van der Waals surface area (Å²) < 4.78 is 44.1. The van der Waals surface area contributed by atoms with E-state index in [9.17, 15) is 18.0 Å². The lowest BCUT2D eigenvalue weighted by atomic mass is 10.0. The first kappa shape index (κ1) is 18.4. The Bertz CT molecular complexity index is 750. The van der Waals surface area contributed by atoms with Crippen molar-refractivity contribution in [3.8, 4) is 0 Å². The molecule has 1 fully saturated rings. The van der Waals surface area contributed by atoms with E-state index in [0.717, 1.165) is 17.7 Å². The Balaban J connectivity index is 1.61. The highest BCUT2D eigenvalue weighted by molar-refractivity contribution is 5.78. The van der Waals surface area contributed by atoms with Gasteiger partial charge in [0.05, 0.1) is 24.7 Å². The minimum absolute atomic E-state index is 0.0321. The van der Waals surface area contributed by atoms with Crippen LogP contribution in [0.3, 0.4) is 0 Å². The molecule has 0 aliphatic carbocycles. The summed E-state index contributed by atoms with van der Waals surface area (Å²) in [6.45, 7) is 1.23. The Morgan fingerprint density at radius 2 is 2.04 bits per heavy atom. The average molecular weight is 364 g/mol. The standard InChI is InChI=1S/C19H19F3N2O2/c20-19(21,22)16-5-1-3-14(9-16)10-17-13-24(7-8-26-17)18(25)11-15-4-2-6-23-12-15/h1-6,9,12,17H,7-8,10-11,13H2/t17-/m0/s1. The third-order valence-corrected chi connectivity index (χ3v) is 4.29. The molecule has 1 aliphatic rings. The molecule has 0 N–H and O–H groups in total. The highest BCUT2D eigenvalue weighted by Crippen LogP contribution is 2.30. The van der Waals surface area contributed by atoms with Crippen molar-refractivity contribution in [1.82, 2.24) is 9.88 Å². The molecule has 3 rings (SSSR count). The molecule has 1 aromatic heterocycles. The maximum absolute atomic E-state index is 12.8. The Labute approximate surface area is 149 Å². The summed E-state index contributed by atoms with van der Waals surface area (Å²) in [5, 5.41) is 0. The molecule has 0 saturated carbocycles. The fourth-order valence-electron chi connectivity index (χ4n) is 3.00. The fraction of sp³-hybridized carbons (Fsp3) is 0.368. The SMILES string of the molecule is O=C(Cc1cccnc1)N1CCO[C@@H](Cc2cccc(C(F)(F)F)c2)C1. The second-order valence-electron chi connectivity index (χ2n) is 6.27. The molecule has 2 aromatic rings. The number of morpholine rings is 1. The fourth-order valence-corrected chi connectivity index (χ4v) is 3.00. The van der Waals surface area contributed by atoms with Gasteiger partial charge in [-0.15, -0.1) is 0 Å². The highest BCUT2D eigenvalue weighted by atomic mass is 19.4. The Morgan fingerprint density at radius 1 is 1.23 bits per heavy atom. The zero-order valence-corrected chi connectivity index (χ0v) is 14.1. The van der Waals surface area contributed by atoms with Gasteiger partial charge >= 0.3 is 6.18 Å². The molecule has 26 heavy (non-hydrogen) atoms. The second-order valence-corrected chi connectivity index (χ2v) is 6.27. The van der Waals surface area contributed by atoms with Crippen molar-refractivity contribution < 1.29 is 22.7 Å². The number of carbonyl (C=O) groups is 1. The summed E-state index contributed by atoms with van der Waals surface area (Å²) in [7, 11) is 0. The van der Waals surface area contributed by atoms with Gasteiger partial charge in [-0.05, 0) is 23.3 Å². The quantitative estimate of drug-likeness (QED) is 0.837. The molecule has 0 spiro atoms. The summed E-state index contributed by atoms with van der Waals surface area (Å²) in [6, 6.07) is 8.85. The topological polar surface area (TPSA) is 42.4 Å². The number of amides is 1. The van der Waals surface area contributed by atoms with E-state index in [1.807, 2.05) is 6.07 Å². The van der Waals surface area contributed by atoms with Gasteiger partial charge in [-0.1, -0.05) is 24.3 Å². The molecule has 1 saturated heterocycles. The van der Waals surface area contributed by atoms with Crippen molar-refractivity contribution in [2.75, 3.05) is 19.7 Å². The Kier molecular flexibility index (Phi) is 5.56. The zero-order chi connectivity index (χ0) is 18.6. The van der Waals surface area contributed by atoms with Crippen molar-refractivity contribution in [2.24, 2.45) is 0 Å². The van der Waals surface area contributed by atoms with Crippen LogP contribution in [-0.4, -0.2) is 41.6 Å². The number of carbonyl (C=O) groups excluding carboxylic acids is 1. The first-order valence-electron chi connectivity index (χ1n) is 8.36. The van der Waals surface area contributed by atoms with E-state index in [2.05, 4.69) is 4.98 Å². The number of hydrogen-bond donors (Lipinski definition) is 0. The van der Waals surface area contributed by atoms with Crippen LogP contribution in [0.1, 0.15) is 16.7 Å². The molecular weight excluding hydrogens is 345 g/mol. The molecule has 1 atom stereocenters. The lowest BCUT2D eigenvalue weighted by Gasteiger charge is -2.33. The smallest absolute Gasteiger partial charge is 0.374 e. The van der Waals surface area contributed by atoms with Crippen LogP contribution in [0.5, 0.6) is 0 Å². The van der Waals surface area contributed by atoms with E-state index in [-0.39, 0.29) is 18.4 Å². The number of aromatic nitrogens is 1. The molecule has 0 radical (unpaired) electrons. The third kappa shape index (κ3) is 4.82. The van der Waals surface area contributed by atoms with Crippen LogP contribution in [0, 0.1) is 0 Å². The van der Waals surface area contributed by atoms with E-state index in [1.165, 1.54) is 6.07 Å². The molecule has 4 nitrogen and oxygen atoms in total. The van der Waals surface area contributed by atoms with Crippen molar-refractivity contribution in [2.45, 2.75) is 25.1 Å². The molecule has 1 aliphatic heterocycles. The predicted octanol–water partition coefficient (Wildman–Crippen LogP) is 3.11. The summed E-state index contributed by atoms with van der Waals surface area (Å²) in [4.78, 5) is 18.1. The molecule has 2 heterocycles. The normalized spacial score (nSPS) is 18.0. The largest absolute Gasteiger partial charge is 0.416 e. The molecular formula is C19H19F3N2O2. The number of rotatable bonds is 4. The number of nitrogens with zero attached hydrogens (tertiary/aromatic N) is 2. The molecule has 0 unspecified atom stereocenters. The summed E-state index contributed by atoms with van der Waals surface area (Å²) in [6.07, 6.45) is -0.795. The van der Waals surface area contributed by atoms with Crippen LogP contribution in [-0.2, 0) is 28.5 Å². The van der Waals surface area contributed by atoms with Crippen LogP contribution in [0.15, 0.2) is 48.8 Å². The van der Waals surface area contributed by atoms with Gasteiger partial charge in [-0.3, -0.25) is 9.78 Å². The van der Waals surface area contributed by atoms with Crippen molar-refractivity contribution >= 4 is 5.91 Å². The maximum atomic E-state index is 12.8. The van der Waals surface area contributed by atoms with Gasteiger partial charge < -0.3 is 9.64 Å². The van der Waals surface area contributed by atoms with Crippen LogP contribution < -0.4 is 0 Å². The number of halogens is 3. The first-order chi connectivity index (χ1) is 12.4. The zero-order valence-electron chi connectivity index (χ0n) is 14.1. The van der Waals surface area contributed by atoms with Gasteiger partial charge in [0.25, 0.3) is 0 Å². The molecule has 138 valence electrons. The minimum atomic E-state index is -4.37. The average Bonchev–Trinajstić information content (AvgIpc) is 2.62. The van der Waals surface area contributed by atoms with Crippen LogP contribution in [0.2, 0.25) is 0 Å². The third-order valence-electron chi connectivity index (χ3n) is 4.29. The minimum Gasteiger partial charge on any atom is -0.374 e. The molecule has 0 bridgehead atoms. The lowest BCUT2D eigenvalue weighted by molar-refractivity contribution is -0.138. The van der Waals surface area contributed by atoms with Crippen LogP contribution >= 0.6 is 0 Å². The van der Waals surface area contributed by atoms with Gasteiger partial charge in [0.1, 0.15) is 0 Å². The first-order valence-corrected chi connectivity index (χ1v) is 8.36. The molecule has 1 amide bonds. The van der Waals surface area contributed by atoms with E-state index in [1.54, 1.807) is 29.4 Å². The van der Waals surface area contributed by atoms with Crippen molar-refractivity contribution in [3.05, 3.63) is 65.5 Å².